The van der Waals surface area contributed by atoms with E-state index in [9.17, 15) is 4.79 Å². The summed E-state index contributed by atoms with van der Waals surface area (Å²) < 4.78 is 20.4. The van der Waals surface area contributed by atoms with Crippen molar-refractivity contribution in [3.63, 3.8) is 0 Å². The molecule has 2 aromatic carbocycles. The molecule has 1 atom stereocenters. The van der Waals surface area contributed by atoms with Gasteiger partial charge in [0.1, 0.15) is 28.2 Å². The average Bonchev–Trinajstić information content (AvgIpc) is 3.50. The Balaban J connectivity index is 1.72. The molecule has 1 aliphatic rings. The van der Waals surface area contributed by atoms with E-state index in [1.165, 1.54) is 0 Å². The van der Waals surface area contributed by atoms with Gasteiger partial charge in [0.05, 0.1) is 43.6 Å². The SMILES string of the molecule is COc1cc(OC)cc(-n2c3nc4ccccc4nc3c3c(=O)n(C[C@H]4CCCO4)c(C)nc32)c1. The Morgan fingerprint density at radius 1 is 1.00 bits per heavy atom. The van der Waals surface area contributed by atoms with E-state index >= 15 is 0 Å². The molecule has 0 spiro atoms. The maximum Gasteiger partial charge on any atom is 0.265 e. The van der Waals surface area contributed by atoms with Gasteiger partial charge in [-0.25, -0.2) is 15.0 Å². The standard InChI is InChI=1S/C26H25N5O4/c1-15-27-24-22(26(32)30(15)14-17-7-6-10-35-17)23-25(29-21-9-5-4-8-20(21)28-23)31(24)16-11-18(33-2)13-19(12-16)34-3/h4-5,8-9,11-13,17H,6-7,10,14H2,1-3H3/t17-/m1/s1. The molecular formula is C26H25N5O4. The number of fused-ring (bicyclic) bond motifs is 4. The van der Waals surface area contributed by atoms with Crippen molar-refractivity contribution in [1.82, 2.24) is 24.1 Å². The molecule has 0 N–H and O–H groups in total. The zero-order chi connectivity index (χ0) is 24.1. The van der Waals surface area contributed by atoms with E-state index in [1.54, 1.807) is 24.9 Å². The molecule has 0 bridgehead atoms. The van der Waals surface area contributed by atoms with Crippen LogP contribution in [0.4, 0.5) is 0 Å². The van der Waals surface area contributed by atoms with Crippen LogP contribution < -0.4 is 15.0 Å². The van der Waals surface area contributed by atoms with Crippen LogP contribution in [0.2, 0.25) is 0 Å². The minimum absolute atomic E-state index is 0.00793. The smallest absolute Gasteiger partial charge is 0.265 e. The van der Waals surface area contributed by atoms with Crippen molar-refractivity contribution in [1.29, 1.82) is 0 Å². The second-order valence-electron chi connectivity index (χ2n) is 8.70. The second-order valence-corrected chi connectivity index (χ2v) is 8.70. The minimum Gasteiger partial charge on any atom is -0.497 e. The van der Waals surface area contributed by atoms with Crippen LogP contribution in [0.15, 0.2) is 47.3 Å². The summed E-state index contributed by atoms with van der Waals surface area (Å²) in [6.45, 7) is 3.04. The first-order valence-corrected chi connectivity index (χ1v) is 11.6. The third kappa shape index (κ3) is 3.50. The summed E-state index contributed by atoms with van der Waals surface area (Å²) in [4.78, 5) is 28.6. The number of para-hydroxylation sites is 2. The van der Waals surface area contributed by atoms with Crippen molar-refractivity contribution in [3.05, 3.63) is 58.6 Å². The third-order valence-electron chi connectivity index (χ3n) is 6.56. The lowest BCUT2D eigenvalue weighted by molar-refractivity contribution is 0.0955. The first-order valence-electron chi connectivity index (χ1n) is 11.6. The molecule has 9 nitrogen and oxygen atoms in total. The predicted octanol–water partition coefficient (Wildman–Crippen LogP) is 3.79. The van der Waals surface area contributed by atoms with Crippen LogP contribution in [0, 0.1) is 6.92 Å². The first kappa shape index (κ1) is 21.5. The normalized spacial score (nSPS) is 15.9. The number of ether oxygens (including phenoxy) is 3. The van der Waals surface area contributed by atoms with Crippen LogP contribution in [0.25, 0.3) is 38.9 Å². The molecule has 0 aliphatic carbocycles. The molecule has 1 saturated heterocycles. The van der Waals surface area contributed by atoms with Gasteiger partial charge in [0.25, 0.3) is 5.56 Å². The van der Waals surface area contributed by atoms with Crippen molar-refractivity contribution >= 4 is 33.2 Å². The summed E-state index contributed by atoms with van der Waals surface area (Å²) in [5, 5.41) is 0.434. The number of benzene rings is 2. The van der Waals surface area contributed by atoms with Crippen LogP contribution in [-0.4, -0.2) is 51.0 Å². The topological polar surface area (TPSA) is 93.3 Å². The molecule has 0 unspecified atom stereocenters. The fourth-order valence-electron chi connectivity index (χ4n) is 4.80. The summed E-state index contributed by atoms with van der Waals surface area (Å²) in [7, 11) is 3.20. The lowest BCUT2D eigenvalue weighted by Gasteiger charge is -2.15. The number of methoxy groups -OCH3 is 2. The van der Waals surface area contributed by atoms with Crippen LogP contribution in [-0.2, 0) is 11.3 Å². The van der Waals surface area contributed by atoms with E-state index in [0.29, 0.717) is 57.3 Å². The predicted molar refractivity (Wildman–Crippen MR) is 133 cm³/mol. The summed E-state index contributed by atoms with van der Waals surface area (Å²) in [5.74, 6) is 1.85. The molecule has 178 valence electrons. The summed E-state index contributed by atoms with van der Waals surface area (Å²) in [6.07, 6.45) is 1.94. The number of nitrogens with zero attached hydrogens (tertiary/aromatic N) is 5. The Hall–Kier alpha value is -3.98. The molecule has 1 aliphatic heterocycles. The van der Waals surface area contributed by atoms with Crippen molar-refractivity contribution in [2.45, 2.75) is 32.4 Å². The van der Waals surface area contributed by atoms with Crippen LogP contribution in [0.3, 0.4) is 0 Å². The monoisotopic (exact) mass is 471 g/mol. The molecule has 1 fully saturated rings. The van der Waals surface area contributed by atoms with E-state index in [-0.39, 0.29) is 11.7 Å². The highest BCUT2D eigenvalue weighted by atomic mass is 16.5. The lowest BCUT2D eigenvalue weighted by Crippen LogP contribution is -2.29. The maximum atomic E-state index is 13.9. The summed E-state index contributed by atoms with van der Waals surface area (Å²) in [5.41, 5.74) is 3.58. The molecule has 5 aromatic rings. The van der Waals surface area contributed by atoms with Crippen molar-refractivity contribution < 1.29 is 14.2 Å². The lowest BCUT2D eigenvalue weighted by atomic mass is 10.2. The number of aryl methyl sites for hydroxylation is 1. The minimum atomic E-state index is -0.147. The second kappa shape index (κ2) is 8.35. The van der Waals surface area contributed by atoms with Crippen molar-refractivity contribution in [3.8, 4) is 17.2 Å². The highest BCUT2D eigenvalue weighted by Gasteiger charge is 2.25. The third-order valence-corrected chi connectivity index (χ3v) is 6.56. The van der Waals surface area contributed by atoms with E-state index < -0.39 is 0 Å². The quantitative estimate of drug-likeness (QED) is 0.385. The average molecular weight is 472 g/mol. The molecule has 0 saturated carbocycles. The van der Waals surface area contributed by atoms with E-state index in [0.717, 1.165) is 25.0 Å². The molecule has 4 heterocycles. The molecule has 9 heteroatoms. The molecule has 3 aromatic heterocycles. The zero-order valence-corrected chi connectivity index (χ0v) is 19.8. The molecule has 0 radical (unpaired) electrons. The van der Waals surface area contributed by atoms with Gasteiger partial charge in [0.2, 0.25) is 0 Å². The summed E-state index contributed by atoms with van der Waals surface area (Å²) in [6, 6.07) is 13.2. The number of hydrogen-bond donors (Lipinski definition) is 0. The van der Waals surface area contributed by atoms with Gasteiger partial charge < -0.3 is 14.2 Å². The Morgan fingerprint density at radius 2 is 1.71 bits per heavy atom. The van der Waals surface area contributed by atoms with Gasteiger partial charge in [-0.2, -0.15) is 0 Å². The fraction of sp³-hybridized carbons (Fsp3) is 0.308. The molecule has 6 rings (SSSR count). The Labute approximate surface area is 200 Å². The maximum absolute atomic E-state index is 13.9. The van der Waals surface area contributed by atoms with Crippen molar-refractivity contribution in [2.24, 2.45) is 0 Å². The van der Waals surface area contributed by atoms with Gasteiger partial charge in [0, 0.05) is 24.8 Å². The Kier molecular flexibility index (Phi) is 5.14. The first-order chi connectivity index (χ1) is 17.1. The van der Waals surface area contributed by atoms with E-state index in [4.69, 9.17) is 29.2 Å². The molecular weight excluding hydrogens is 446 g/mol. The zero-order valence-electron chi connectivity index (χ0n) is 19.8. The van der Waals surface area contributed by atoms with Gasteiger partial charge in [-0.3, -0.25) is 13.9 Å². The largest absolute Gasteiger partial charge is 0.497 e. The highest BCUT2D eigenvalue weighted by Crippen LogP contribution is 2.32. The Bertz CT molecular complexity index is 1630. The van der Waals surface area contributed by atoms with Gasteiger partial charge in [-0.05, 0) is 31.9 Å². The summed E-state index contributed by atoms with van der Waals surface area (Å²) >= 11 is 0. The van der Waals surface area contributed by atoms with Crippen LogP contribution >= 0.6 is 0 Å². The van der Waals surface area contributed by atoms with Crippen LogP contribution in [0.5, 0.6) is 11.5 Å². The Morgan fingerprint density at radius 3 is 2.37 bits per heavy atom. The van der Waals surface area contributed by atoms with Gasteiger partial charge >= 0.3 is 0 Å². The van der Waals surface area contributed by atoms with Gasteiger partial charge in [-0.1, -0.05) is 12.1 Å². The van der Waals surface area contributed by atoms with Crippen molar-refractivity contribution in [2.75, 3.05) is 20.8 Å². The molecule has 35 heavy (non-hydrogen) atoms. The number of rotatable bonds is 5. The molecule has 0 amide bonds. The fourth-order valence-corrected chi connectivity index (χ4v) is 4.80. The van der Waals surface area contributed by atoms with Gasteiger partial charge in [0.15, 0.2) is 11.3 Å². The highest BCUT2D eigenvalue weighted by molar-refractivity contribution is 6.05. The van der Waals surface area contributed by atoms with Gasteiger partial charge in [-0.15, -0.1) is 0 Å². The number of aromatic nitrogens is 5. The van der Waals surface area contributed by atoms with Crippen LogP contribution in [0.1, 0.15) is 18.7 Å². The van der Waals surface area contributed by atoms with E-state index in [2.05, 4.69) is 0 Å². The van der Waals surface area contributed by atoms with E-state index in [1.807, 2.05) is 47.9 Å². The number of hydrogen-bond acceptors (Lipinski definition) is 7.